The molecule has 0 aliphatic rings. The van der Waals surface area contributed by atoms with Crippen LogP contribution in [-0.4, -0.2) is 17.6 Å². The number of aryl methyl sites for hydroxylation is 2. The van der Waals surface area contributed by atoms with Crippen LogP contribution in [-0.2, 0) is 0 Å². The van der Waals surface area contributed by atoms with E-state index in [1.165, 1.54) is 0 Å². The van der Waals surface area contributed by atoms with E-state index in [-0.39, 0.29) is 11.9 Å². The molecule has 0 saturated heterocycles. The topological polar surface area (TPSA) is 81.2 Å². The van der Waals surface area contributed by atoms with E-state index in [0.717, 1.165) is 5.56 Å². The molecular weight excluding hydrogens is 242 g/mol. The van der Waals surface area contributed by atoms with Gasteiger partial charge in [0, 0.05) is 12.6 Å². The Labute approximate surface area is 111 Å². The monoisotopic (exact) mass is 259 g/mol. The zero-order valence-electron chi connectivity index (χ0n) is 11.0. The standard InChI is InChI=1S/C14H17N3O2/c1-9-13(10(2)19-17-9)14(18)16-8-12(15)11-6-4-3-5-7-11/h3-7,12H,8,15H2,1-2H3,(H,16,18). The summed E-state index contributed by atoms with van der Waals surface area (Å²) in [4.78, 5) is 12.0. The summed E-state index contributed by atoms with van der Waals surface area (Å²) in [6.45, 7) is 3.82. The molecule has 0 radical (unpaired) electrons. The lowest BCUT2D eigenvalue weighted by Gasteiger charge is -2.12. The van der Waals surface area contributed by atoms with Gasteiger partial charge in [-0.15, -0.1) is 0 Å². The highest BCUT2D eigenvalue weighted by atomic mass is 16.5. The molecule has 19 heavy (non-hydrogen) atoms. The number of hydrogen-bond acceptors (Lipinski definition) is 4. The average molecular weight is 259 g/mol. The van der Waals surface area contributed by atoms with Crippen LogP contribution in [0.3, 0.4) is 0 Å². The van der Waals surface area contributed by atoms with Gasteiger partial charge in [0.05, 0.1) is 5.69 Å². The molecule has 0 saturated carbocycles. The molecule has 3 N–H and O–H groups in total. The molecule has 0 aliphatic carbocycles. The molecule has 1 aromatic heterocycles. The molecule has 1 heterocycles. The summed E-state index contributed by atoms with van der Waals surface area (Å²) in [7, 11) is 0. The Morgan fingerprint density at radius 1 is 1.37 bits per heavy atom. The molecule has 1 atom stereocenters. The van der Waals surface area contributed by atoms with Gasteiger partial charge in [-0.25, -0.2) is 0 Å². The minimum absolute atomic E-state index is 0.206. The van der Waals surface area contributed by atoms with Crippen molar-refractivity contribution in [2.75, 3.05) is 6.54 Å². The van der Waals surface area contributed by atoms with Gasteiger partial charge in [-0.05, 0) is 19.4 Å². The average Bonchev–Trinajstić information content (AvgIpc) is 2.76. The van der Waals surface area contributed by atoms with Gasteiger partial charge in [-0.3, -0.25) is 4.79 Å². The number of benzene rings is 1. The Hall–Kier alpha value is -2.14. The third-order valence-corrected chi connectivity index (χ3v) is 2.97. The zero-order valence-corrected chi connectivity index (χ0v) is 11.0. The second kappa shape index (κ2) is 5.67. The summed E-state index contributed by atoms with van der Waals surface area (Å²) in [5, 5.41) is 6.56. The summed E-state index contributed by atoms with van der Waals surface area (Å²) < 4.78 is 4.97. The number of nitrogens with zero attached hydrogens (tertiary/aromatic N) is 1. The van der Waals surface area contributed by atoms with Gasteiger partial charge in [0.1, 0.15) is 11.3 Å². The Kier molecular flexibility index (Phi) is 3.97. The third kappa shape index (κ3) is 3.00. The van der Waals surface area contributed by atoms with E-state index in [2.05, 4.69) is 10.5 Å². The number of rotatable bonds is 4. The molecule has 100 valence electrons. The van der Waals surface area contributed by atoms with Crippen molar-refractivity contribution in [2.45, 2.75) is 19.9 Å². The van der Waals surface area contributed by atoms with Gasteiger partial charge in [0.15, 0.2) is 0 Å². The highest BCUT2D eigenvalue weighted by Crippen LogP contribution is 2.13. The van der Waals surface area contributed by atoms with E-state index in [0.29, 0.717) is 23.6 Å². The summed E-state index contributed by atoms with van der Waals surface area (Å²) in [6.07, 6.45) is 0. The predicted octanol–water partition coefficient (Wildman–Crippen LogP) is 1.72. The van der Waals surface area contributed by atoms with E-state index in [9.17, 15) is 4.79 Å². The van der Waals surface area contributed by atoms with Crippen molar-refractivity contribution in [3.8, 4) is 0 Å². The lowest BCUT2D eigenvalue weighted by atomic mass is 10.1. The number of hydrogen-bond donors (Lipinski definition) is 2. The first-order valence-electron chi connectivity index (χ1n) is 6.11. The van der Waals surface area contributed by atoms with Gasteiger partial charge < -0.3 is 15.6 Å². The van der Waals surface area contributed by atoms with Crippen LogP contribution >= 0.6 is 0 Å². The third-order valence-electron chi connectivity index (χ3n) is 2.97. The van der Waals surface area contributed by atoms with Crippen molar-refractivity contribution in [3.63, 3.8) is 0 Å². The number of aromatic nitrogens is 1. The highest BCUT2D eigenvalue weighted by Gasteiger charge is 2.17. The van der Waals surface area contributed by atoms with Gasteiger partial charge in [0.2, 0.25) is 0 Å². The summed E-state index contributed by atoms with van der Waals surface area (Å²) in [5.74, 6) is 0.311. The summed E-state index contributed by atoms with van der Waals surface area (Å²) in [6, 6.07) is 9.42. The molecule has 0 fully saturated rings. The molecule has 2 aromatic rings. The molecule has 5 heteroatoms. The van der Waals surface area contributed by atoms with Crippen LogP contribution in [0.15, 0.2) is 34.9 Å². The smallest absolute Gasteiger partial charge is 0.256 e. The van der Waals surface area contributed by atoms with E-state index >= 15 is 0 Å². The number of nitrogens with one attached hydrogen (secondary N) is 1. The quantitative estimate of drug-likeness (QED) is 0.876. The summed E-state index contributed by atoms with van der Waals surface area (Å²) in [5.41, 5.74) is 8.08. The lowest BCUT2D eigenvalue weighted by Crippen LogP contribution is -2.32. The van der Waals surface area contributed by atoms with Crippen molar-refractivity contribution in [1.82, 2.24) is 10.5 Å². The second-order valence-electron chi connectivity index (χ2n) is 4.43. The molecule has 0 spiro atoms. The largest absolute Gasteiger partial charge is 0.361 e. The van der Waals surface area contributed by atoms with Crippen molar-refractivity contribution >= 4 is 5.91 Å². The van der Waals surface area contributed by atoms with E-state index in [4.69, 9.17) is 10.3 Å². The van der Waals surface area contributed by atoms with Crippen LogP contribution < -0.4 is 11.1 Å². The number of amides is 1. The molecule has 1 aromatic carbocycles. The van der Waals surface area contributed by atoms with Crippen LogP contribution in [0.1, 0.15) is 33.4 Å². The number of carbonyl (C=O) groups is 1. The SMILES string of the molecule is Cc1noc(C)c1C(=O)NCC(N)c1ccccc1. The zero-order chi connectivity index (χ0) is 13.8. The van der Waals surface area contributed by atoms with Gasteiger partial charge in [0.25, 0.3) is 5.91 Å². The fraction of sp³-hybridized carbons (Fsp3) is 0.286. The normalized spacial score (nSPS) is 12.2. The van der Waals surface area contributed by atoms with E-state index in [1.54, 1.807) is 13.8 Å². The number of carbonyl (C=O) groups excluding carboxylic acids is 1. The Bertz CT molecular complexity index is 544. The molecule has 0 bridgehead atoms. The second-order valence-corrected chi connectivity index (χ2v) is 4.43. The first-order valence-corrected chi connectivity index (χ1v) is 6.11. The van der Waals surface area contributed by atoms with Crippen molar-refractivity contribution < 1.29 is 9.32 Å². The minimum atomic E-state index is -0.231. The van der Waals surface area contributed by atoms with Gasteiger partial charge in [-0.2, -0.15) is 0 Å². The van der Waals surface area contributed by atoms with Crippen LogP contribution in [0.5, 0.6) is 0 Å². The van der Waals surface area contributed by atoms with Gasteiger partial charge >= 0.3 is 0 Å². The first-order chi connectivity index (χ1) is 9.09. The van der Waals surface area contributed by atoms with Crippen LogP contribution in [0.25, 0.3) is 0 Å². The Balaban J connectivity index is 1.98. The molecule has 5 nitrogen and oxygen atoms in total. The van der Waals surface area contributed by atoms with Crippen LogP contribution in [0, 0.1) is 13.8 Å². The maximum atomic E-state index is 12.0. The van der Waals surface area contributed by atoms with E-state index in [1.807, 2.05) is 30.3 Å². The Morgan fingerprint density at radius 3 is 2.63 bits per heavy atom. The fourth-order valence-corrected chi connectivity index (χ4v) is 1.92. The van der Waals surface area contributed by atoms with Crippen LogP contribution in [0.2, 0.25) is 0 Å². The number of nitrogens with two attached hydrogens (primary N) is 1. The fourth-order valence-electron chi connectivity index (χ4n) is 1.92. The first kappa shape index (κ1) is 13.3. The Morgan fingerprint density at radius 2 is 2.05 bits per heavy atom. The van der Waals surface area contributed by atoms with E-state index < -0.39 is 0 Å². The molecule has 2 rings (SSSR count). The lowest BCUT2D eigenvalue weighted by molar-refractivity contribution is 0.0949. The maximum absolute atomic E-state index is 12.0. The highest BCUT2D eigenvalue weighted by molar-refractivity contribution is 5.96. The molecular formula is C14H17N3O2. The molecule has 1 unspecified atom stereocenters. The predicted molar refractivity (Wildman–Crippen MR) is 71.7 cm³/mol. The van der Waals surface area contributed by atoms with Crippen molar-refractivity contribution in [1.29, 1.82) is 0 Å². The van der Waals surface area contributed by atoms with Gasteiger partial charge in [-0.1, -0.05) is 35.5 Å². The minimum Gasteiger partial charge on any atom is -0.361 e. The van der Waals surface area contributed by atoms with Crippen molar-refractivity contribution in [2.24, 2.45) is 5.73 Å². The van der Waals surface area contributed by atoms with Crippen molar-refractivity contribution in [3.05, 3.63) is 52.9 Å². The molecule has 0 aliphatic heterocycles. The maximum Gasteiger partial charge on any atom is 0.256 e. The summed E-state index contributed by atoms with van der Waals surface area (Å²) >= 11 is 0. The molecule has 1 amide bonds. The van der Waals surface area contributed by atoms with Crippen LogP contribution in [0.4, 0.5) is 0 Å².